The summed E-state index contributed by atoms with van der Waals surface area (Å²) < 4.78 is 84.3. The maximum Gasteiger partial charge on any atom is 0.206 e. The van der Waals surface area contributed by atoms with Crippen LogP contribution in [0, 0.1) is 57.8 Å². The molecule has 6 aromatic carbocycles. The lowest BCUT2D eigenvalue weighted by molar-refractivity contribution is 0.447. The van der Waals surface area contributed by atoms with Crippen LogP contribution in [0.3, 0.4) is 0 Å². The average Bonchev–Trinajstić information content (AvgIpc) is 3.61. The monoisotopic (exact) mass is 596 g/mol. The van der Waals surface area contributed by atoms with Crippen molar-refractivity contribution in [3.8, 4) is 34.6 Å². The fourth-order valence-electron chi connectivity index (χ4n) is 5.57. The van der Waals surface area contributed by atoms with E-state index < -0.39 is 34.9 Å². The number of benzene rings is 4. The average molecular weight is 597 g/mol. The minimum Gasteiger partial charge on any atom is -0.204 e. The lowest BCUT2D eigenvalue weighted by atomic mass is 10.0. The molecule has 0 spiro atoms. The zero-order valence-corrected chi connectivity index (χ0v) is 22.1. The molecule has 0 atom stereocenters. The van der Waals surface area contributed by atoms with Gasteiger partial charge in [0, 0.05) is 21.5 Å². The van der Waals surface area contributed by atoms with Crippen molar-refractivity contribution in [1.29, 1.82) is 10.5 Å². The van der Waals surface area contributed by atoms with Crippen molar-refractivity contribution in [2.45, 2.75) is 0 Å². The molecule has 43 heavy (non-hydrogen) atoms. The highest BCUT2D eigenvalue weighted by molar-refractivity contribution is 7.26. The summed E-state index contributed by atoms with van der Waals surface area (Å²) in [5.74, 6) is -8.54. The normalized spacial score (nSPS) is 12.7. The Balaban J connectivity index is 1.55. The largest absolute Gasteiger partial charge is 0.206 e. The molecule has 0 fully saturated rings. The number of thiophene rings is 1. The zero-order valence-electron chi connectivity index (χ0n) is 21.2. The summed E-state index contributed by atoms with van der Waals surface area (Å²) >= 11 is 1.23. The van der Waals surface area contributed by atoms with Gasteiger partial charge in [0.1, 0.15) is 10.7 Å². The molecule has 0 aliphatic heterocycles. The summed E-state index contributed by atoms with van der Waals surface area (Å²) in [6, 6.07) is 13.3. The second-order valence-corrected chi connectivity index (χ2v) is 10.7. The molecule has 7 rings (SSSR count). The first-order valence-electron chi connectivity index (χ1n) is 12.4. The number of halogens is 6. The molecule has 206 valence electrons. The van der Waals surface area contributed by atoms with E-state index in [-0.39, 0.29) is 11.1 Å². The van der Waals surface area contributed by atoms with Gasteiger partial charge in [-0.2, -0.15) is 20.5 Å². The molecule has 0 bridgehead atoms. The smallest absolute Gasteiger partial charge is 0.204 e. The molecule has 0 radical (unpaired) electrons. The fraction of sp³-hybridized carbons (Fsp3) is 0. The number of rotatable bonds is 2. The zero-order chi connectivity index (χ0) is 30.2. The van der Waals surface area contributed by atoms with Gasteiger partial charge < -0.3 is 0 Å². The van der Waals surface area contributed by atoms with E-state index in [4.69, 9.17) is 0 Å². The summed E-state index contributed by atoms with van der Waals surface area (Å²) in [6.07, 6.45) is 3.58. The molecular weight excluding hydrogens is 586 g/mol. The van der Waals surface area contributed by atoms with Crippen LogP contribution < -0.4 is 10.7 Å². The van der Waals surface area contributed by atoms with E-state index in [1.165, 1.54) is 11.3 Å². The third kappa shape index (κ3) is 3.83. The second kappa shape index (κ2) is 9.51. The summed E-state index contributed by atoms with van der Waals surface area (Å²) in [5, 5.41) is 23.3. The van der Waals surface area contributed by atoms with Crippen molar-refractivity contribution >= 4 is 53.1 Å². The Kier molecular flexibility index (Phi) is 5.84. The Hall–Kier alpha value is -5.52. The Morgan fingerprint density at radius 1 is 0.488 bits per heavy atom. The first-order chi connectivity index (χ1) is 20.7. The maximum atomic E-state index is 14.0. The van der Waals surface area contributed by atoms with E-state index in [1.54, 1.807) is 48.8 Å². The number of hydrogen-bond acceptors (Lipinski definition) is 5. The van der Waals surface area contributed by atoms with Crippen molar-refractivity contribution in [1.82, 2.24) is 0 Å². The van der Waals surface area contributed by atoms with E-state index in [9.17, 15) is 36.9 Å². The molecule has 0 aliphatic rings. The predicted molar refractivity (Wildman–Crippen MR) is 150 cm³/mol. The molecule has 0 unspecified atom stereocenters. The molecule has 1 heterocycles. The Morgan fingerprint density at radius 2 is 0.860 bits per heavy atom. The molecule has 0 saturated heterocycles. The Morgan fingerprint density at radius 3 is 1.21 bits per heavy atom. The third-order valence-electron chi connectivity index (χ3n) is 7.38. The maximum absolute atomic E-state index is 14.0. The summed E-state index contributed by atoms with van der Waals surface area (Å²) in [4.78, 5) is 8.05. The summed E-state index contributed by atoms with van der Waals surface area (Å²) in [7, 11) is 0. The van der Waals surface area contributed by atoms with Gasteiger partial charge in [-0.15, -0.1) is 11.3 Å². The first kappa shape index (κ1) is 26.4. The molecule has 4 nitrogen and oxygen atoms in total. The minimum absolute atomic E-state index is 0.0889. The van der Waals surface area contributed by atoms with Crippen molar-refractivity contribution in [3.05, 3.63) is 106 Å². The highest BCUT2D eigenvalue weighted by Crippen LogP contribution is 2.43. The number of nitriles is 2. The van der Waals surface area contributed by atoms with Gasteiger partial charge in [-0.25, -0.2) is 26.3 Å². The van der Waals surface area contributed by atoms with Gasteiger partial charge >= 0.3 is 0 Å². The van der Waals surface area contributed by atoms with Crippen LogP contribution in [-0.4, -0.2) is 0 Å². The Bertz CT molecular complexity index is 2340. The van der Waals surface area contributed by atoms with Gasteiger partial charge in [-0.05, 0) is 69.4 Å². The topological polar surface area (TPSA) is 72.3 Å². The first-order valence-corrected chi connectivity index (χ1v) is 13.2. The minimum atomic E-state index is -1.58. The molecule has 0 saturated carbocycles. The fourth-order valence-corrected chi connectivity index (χ4v) is 6.90. The summed E-state index contributed by atoms with van der Waals surface area (Å²) in [5.41, 5.74) is 0.908. The van der Waals surface area contributed by atoms with Gasteiger partial charge in [0.25, 0.3) is 0 Å². The molecule has 0 aliphatic carbocycles. The third-order valence-corrected chi connectivity index (χ3v) is 8.59. The van der Waals surface area contributed by atoms with Crippen molar-refractivity contribution in [2.24, 2.45) is 9.98 Å². The quantitative estimate of drug-likeness (QED) is 0.115. The van der Waals surface area contributed by atoms with E-state index in [0.29, 0.717) is 63.6 Å². The van der Waals surface area contributed by atoms with Crippen LogP contribution in [0.1, 0.15) is 0 Å². The SMILES string of the molecule is N#C/N=c1/c2cc(-c3cc(F)c(F)c(F)c3)ccc2c2c1sc1/c(=N/C#N)c3cc(-c4cc(F)c(F)c(F)c4)ccc3c12. The highest BCUT2D eigenvalue weighted by Gasteiger charge is 2.22. The van der Waals surface area contributed by atoms with Crippen LogP contribution in [0.2, 0.25) is 0 Å². The van der Waals surface area contributed by atoms with Crippen LogP contribution in [-0.2, 0) is 0 Å². The highest BCUT2D eigenvalue weighted by atomic mass is 32.1. The standard InChI is InChI=1S/C32H10F6N4S/c33-21-7-15(8-22(34)27(21)37)13-1-3-17-19(5-13)29(41-11-39)31-25(17)26-18-4-2-14(16-9-23(35)28(38)24(36)10-16)6-20(18)30(42-12-40)32(26)43-31/h1-10H/b41-29-,42-30+. The number of fused-ring (bicyclic) bond motifs is 7. The van der Waals surface area contributed by atoms with Crippen LogP contribution in [0.15, 0.2) is 70.6 Å². The molecule has 1 aromatic heterocycles. The predicted octanol–water partition coefficient (Wildman–Crippen LogP) is 8.17. The van der Waals surface area contributed by atoms with E-state index in [0.717, 1.165) is 24.3 Å². The second-order valence-electron chi connectivity index (χ2n) is 9.66. The lowest BCUT2D eigenvalue weighted by Gasteiger charge is -2.05. The van der Waals surface area contributed by atoms with Gasteiger partial charge in [-0.3, -0.25) is 0 Å². The van der Waals surface area contributed by atoms with Crippen molar-refractivity contribution < 1.29 is 26.3 Å². The van der Waals surface area contributed by atoms with Crippen LogP contribution in [0.5, 0.6) is 0 Å². The number of hydrogen-bond donors (Lipinski definition) is 0. The molecule has 7 aromatic rings. The molecule has 0 amide bonds. The molecule has 0 N–H and O–H groups in total. The van der Waals surface area contributed by atoms with Crippen LogP contribution in [0.4, 0.5) is 26.3 Å². The Labute approximate surface area is 240 Å². The van der Waals surface area contributed by atoms with Gasteiger partial charge in [0.2, 0.25) is 12.4 Å². The van der Waals surface area contributed by atoms with Gasteiger partial charge in [0.05, 0.1) is 9.40 Å². The van der Waals surface area contributed by atoms with Gasteiger partial charge in [-0.1, -0.05) is 24.3 Å². The van der Waals surface area contributed by atoms with E-state index in [1.807, 2.05) is 0 Å². The molecular formula is C32H10F6N4S. The number of nitrogens with zero attached hydrogens (tertiary/aromatic N) is 4. The van der Waals surface area contributed by atoms with E-state index >= 15 is 0 Å². The lowest BCUT2D eigenvalue weighted by Crippen LogP contribution is -1.98. The summed E-state index contributed by atoms with van der Waals surface area (Å²) in [6.45, 7) is 0. The van der Waals surface area contributed by atoms with Crippen LogP contribution in [0.25, 0.3) is 64.0 Å². The molecule has 11 heteroatoms. The van der Waals surface area contributed by atoms with Crippen molar-refractivity contribution in [2.75, 3.05) is 0 Å². The van der Waals surface area contributed by atoms with E-state index in [2.05, 4.69) is 9.98 Å². The van der Waals surface area contributed by atoms with Crippen LogP contribution >= 0.6 is 11.3 Å². The van der Waals surface area contributed by atoms with Crippen molar-refractivity contribution in [3.63, 3.8) is 0 Å². The van der Waals surface area contributed by atoms with Gasteiger partial charge in [0.15, 0.2) is 34.9 Å².